The minimum atomic E-state index is -0.566. The van der Waals surface area contributed by atoms with Crippen molar-refractivity contribution in [3.8, 4) is 5.75 Å². The molecule has 0 radical (unpaired) electrons. The third kappa shape index (κ3) is 4.81. The zero-order valence-corrected chi connectivity index (χ0v) is 18.4. The number of esters is 1. The minimum Gasteiger partial charge on any atom is -0.497 e. The second-order valence-corrected chi connectivity index (χ2v) is 7.80. The Balaban J connectivity index is 1.36. The van der Waals surface area contributed by atoms with Crippen LogP contribution in [0.5, 0.6) is 5.75 Å². The summed E-state index contributed by atoms with van der Waals surface area (Å²) in [5, 5.41) is 3.26. The molecule has 0 atom stereocenters. The number of pyridine rings is 1. The van der Waals surface area contributed by atoms with E-state index in [1.807, 2.05) is 36.4 Å². The highest BCUT2D eigenvalue weighted by Crippen LogP contribution is 2.22. The van der Waals surface area contributed by atoms with Gasteiger partial charge in [-0.05, 0) is 64.9 Å². The number of aromatic nitrogens is 1. The molecule has 4 rings (SSSR count). The first-order chi connectivity index (χ1) is 15.4. The molecule has 0 aliphatic rings. The summed E-state index contributed by atoms with van der Waals surface area (Å²) in [7, 11) is 3.32. The summed E-state index contributed by atoms with van der Waals surface area (Å²) in [5.41, 5.74) is 2.01. The molecule has 0 saturated heterocycles. The van der Waals surface area contributed by atoms with Crippen molar-refractivity contribution >= 4 is 45.2 Å². The number of hydrogen-bond acceptors (Lipinski definition) is 5. The average Bonchev–Trinajstić information content (AvgIpc) is 2.81. The van der Waals surface area contributed by atoms with Gasteiger partial charge in [0.25, 0.3) is 5.91 Å². The molecular weight excluding hydrogens is 428 g/mol. The molecule has 0 bridgehead atoms. The molecule has 7 heteroatoms. The highest BCUT2D eigenvalue weighted by molar-refractivity contribution is 6.29. The number of methoxy groups -OCH3 is 1. The second-order valence-electron chi connectivity index (χ2n) is 7.41. The number of carbonyl (C=O) groups excluding carboxylic acids is 2. The maximum absolute atomic E-state index is 12.5. The number of nitrogens with zero attached hydrogens (tertiary/aromatic N) is 2. The van der Waals surface area contributed by atoms with Crippen LogP contribution in [0.15, 0.2) is 66.7 Å². The van der Waals surface area contributed by atoms with Crippen molar-refractivity contribution in [3.05, 3.63) is 83.0 Å². The van der Waals surface area contributed by atoms with Gasteiger partial charge in [0.05, 0.1) is 18.2 Å². The molecule has 0 fully saturated rings. The van der Waals surface area contributed by atoms with Crippen molar-refractivity contribution in [2.24, 2.45) is 0 Å². The van der Waals surface area contributed by atoms with Crippen molar-refractivity contribution in [2.75, 3.05) is 20.8 Å². The number of fused-ring (bicyclic) bond motifs is 2. The number of ether oxygens (including phenoxy) is 2. The van der Waals surface area contributed by atoms with E-state index in [-0.39, 0.29) is 12.5 Å². The molecule has 3 aromatic carbocycles. The fourth-order valence-electron chi connectivity index (χ4n) is 3.41. The summed E-state index contributed by atoms with van der Waals surface area (Å²) < 4.78 is 10.5. The van der Waals surface area contributed by atoms with E-state index >= 15 is 0 Å². The van der Waals surface area contributed by atoms with E-state index in [1.54, 1.807) is 44.5 Å². The van der Waals surface area contributed by atoms with Crippen molar-refractivity contribution in [2.45, 2.75) is 6.54 Å². The Labute approximate surface area is 190 Å². The van der Waals surface area contributed by atoms with Gasteiger partial charge in [-0.25, -0.2) is 9.78 Å². The van der Waals surface area contributed by atoms with Crippen LogP contribution >= 0.6 is 11.6 Å². The lowest BCUT2D eigenvalue weighted by atomic mass is 10.1. The number of benzene rings is 3. The Hall–Kier alpha value is -3.64. The minimum absolute atomic E-state index is 0.289. The van der Waals surface area contributed by atoms with Gasteiger partial charge in [-0.15, -0.1) is 0 Å². The Bertz CT molecular complexity index is 1320. The van der Waals surface area contributed by atoms with E-state index in [9.17, 15) is 9.59 Å². The molecule has 4 aromatic rings. The first-order valence-electron chi connectivity index (χ1n) is 9.97. The Morgan fingerprint density at radius 3 is 2.50 bits per heavy atom. The van der Waals surface area contributed by atoms with Gasteiger partial charge < -0.3 is 14.4 Å². The topological polar surface area (TPSA) is 68.7 Å². The third-order valence-corrected chi connectivity index (χ3v) is 5.39. The van der Waals surface area contributed by atoms with Crippen LogP contribution in [0.25, 0.3) is 21.7 Å². The van der Waals surface area contributed by atoms with E-state index in [4.69, 9.17) is 21.1 Å². The summed E-state index contributed by atoms with van der Waals surface area (Å²) >= 11 is 5.88. The molecule has 32 heavy (non-hydrogen) atoms. The van der Waals surface area contributed by atoms with Crippen LogP contribution in [-0.4, -0.2) is 42.5 Å². The normalized spacial score (nSPS) is 10.8. The summed E-state index contributed by atoms with van der Waals surface area (Å²) in [4.78, 5) is 30.6. The molecule has 0 aliphatic heterocycles. The molecule has 1 amide bonds. The number of carbonyl (C=O) groups is 2. The van der Waals surface area contributed by atoms with Crippen molar-refractivity contribution in [1.82, 2.24) is 9.88 Å². The summed E-state index contributed by atoms with van der Waals surface area (Å²) in [6.45, 7) is 0.0672. The number of halogens is 1. The maximum Gasteiger partial charge on any atom is 0.338 e. The standard InChI is InChI=1S/C25H21ClN2O4/c1-28(14-16-3-4-18-13-21(31-2)8-5-17(18)11-16)24(29)15-32-25(30)20-6-9-22-19(12-20)7-10-23(26)27-22/h3-13H,14-15H2,1-2H3. The molecule has 0 unspecified atom stereocenters. The maximum atomic E-state index is 12.5. The fourth-order valence-corrected chi connectivity index (χ4v) is 3.56. The molecule has 0 saturated carbocycles. The van der Waals surface area contributed by atoms with Gasteiger partial charge in [-0.3, -0.25) is 4.79 Å². The number of rotatable bonds is 6. The van der Waals surface area contributed by atoms with Crippen LogP contribution in [0, 0.1) is 0 Å². The molecule has 0 spiro atoms. The monoisotopic (exact) mass is 448 g/mol. The van der Waals surface area contributed by atoms with Crippen LogP contribution in [-0.2, 0) is 16.1 Å². The molecule has 162 valence electrons. The molecular formula is C25H21ClN2O4. The molecule has 0 N–H and O–H groups in total. The van der Waals surface area contributed by atoms with Crippen molar-refractivity contribution in [1.29, 1.82) is 0 Å². The van der Waals surface area contributed by atoms with Crippen molar-refractivity contribution in [3.63, 3.8) is 0 Å². The van der Waals surface area contributed by atoms with Crippen LogP contribution < -0.4 is 4.74 Å². The zero-order chi connectivity index (χ0) is 22.7. The van der Waals surface area contributed by atoms with E-state index < -0.39 is 5.97 Å². The lowest BCUT2D eigenvalue weighted by Gasteiger charge is -2.17. The highest BCUT2D eigenvalue weighted by Gasteiger charge is 2.15. The predicted molar refractivity (Wildman–Crippen MR) is 124 cm³/mol. The SMILES string of the molecule is COc1ccc2cc(CN(C)C(=O)COC(=O)c3ccc4nc(Cl)ccc4c3)ccc2c1. The quantitative estimate of drug-likeness (QED) is 0.311. The Morgan fingerprint density at radius 1 is 0.938 bits per heavy atom. The Kier molecular flexibility index (Phi) is 6.23. The number of amides is 1. The molecule has 1 heterocycles. The molecule has 1 aromatic heterocycles. The average molecular weight is 449 g/mol. The van der Waals surface area contributed by atoms with Gasteiger partial charge >= 0.3 is 5.97 Å². The first-order valence-corrected chi connectivity index (χ1v) is 10.3. The Morgan fingerprint density at radius 2 is 1.69 bits per heavy atom. The number of likely N-dealkylation sites (N-methyl/N-ethyl adjacent to an activating group) is 1. The van der Waals surface area contributed by atoms with Crippen LogP contribution in [0.4, 0.5) is 0 Å². The van der Waals surface area contributed by atoms with Gasteiger partial charge in [-0.2, -0.15) is 0 Å². The first kappa shape index (κ1) is 21.6. The van der Waals surface area contributed by atoms with E-state index in [0.717, 1.165) is 27.5 Å². The van der Waals surface area contributed by atoms with E-state index in [1.165, 1.54) is 4.90 Å². The van der Waals surface area contributed by atoms with Crippen LogP contribution in [0.2, 0.25) is 5.15 Å². The zero-order valence-electron chi connectivity index (χ0n) is 17.7. The fraction of sp³-hybridized carbons (Fsp3) is 0.160. The number of hydrogen-bond donors (Lipinski definition) is 0. The lowest BCUT2D eigenvalue weighted by molar-refractivity contribution is -0.133. The lowest BCUT2D eigenvalue weighted by Crippen LogP contribution is -2.30. The summed E-state index contributed by atoms with van der Waals surface area (Å²) in [5.74, 6) is -0.0588. The third-order valence-electron chi connectivity index (χ3n) is 5.17. The highest BCUT2D eigenvalue weighted by atomic mass is 35.5. The summed E-state index contributed by atoms with van der Waals surface area (Å²) in [6.07, 6.45) is 0. The van der Waals surface area contributed by atoms with Crippen LogP contribution in [0.3, 0.4) is 0 Å². The second kappa shape index (κ2) is 9.24. The van der Waals surface area contributed by atoms with Crippen LogP contribution in [0.1, 0.15) is 15.9 Å². The smallest absolute Gasteiger partial charge is 0.338 e. The summed E-state index contributed by atoms with van der Waals surface area (Å²) in [6, 6.07) is 20.2. The van der Waals surface area contributed by atoms with Gasteiger partial charge in [0.1, 0.15) is 10.9 Å². The van der Waals surface area contributed by atoms with Crippen molar-refractivity contribution < 1.29 is 19.1 Å². The van der Waals surface area contributed by atoms with Gasteiger partial charge in [-0.1, -0.05) is 29.8 Å². The largest absolute Gasteiger partial charge is 0.497 e. The van der Waals surface area contributed by atoms with Gasteiger partial charge in [0.2, 0.25) is 0 Å². The van der Waals surface area contributed by atoms with Gasteiger partial charge in [0.15, 0.2) is 6.61 Å². The predicted octanol–water partition coefficient (Wildman–Crippen LogP) is 4.87. The van der Waals surface area contributed by atoms with E-state index in [2.05, 4.69) is 4.98 Å². The molecule has 0 aliphatic carbocycles. The van der Waals surface area contributed by atoms with E-state index in [0.29, 0.717) is 22.8 Å². The molecule has 6 nitrogen and oxygen atoms in total. The van der Waals surface area contributed by atoms with Gasteiger partial charge in [0, 0.05) is 19.0 Å².